The van der Waals surface area contributed by atoms with Gasteiger partial charge in [0.25, 0.3) is 5.56 Å². The van der Waals surface area contributed by atoms with Crippen molar-refractivity contribution in [2.24, 2.45) is 0 Å². The number of carbonyl (C=O) groups excluding carboxylic acids is 1. The normalized spacial score (nSPS) is 10.4. The minimum atomic E-state index is -0.497. The molecule has 7 nitrogen and oxygen atoms in total. The molecule has 0 saturated heterocycles. The van der Waals surface area contributed by atoms with Crippen LogP contribution >= 0.6 is 0 Å². The van der Waals surface area contributed by atoms with E-state index < -0.39 is 11.5 Å². The van der Waals surface area contributed by atoms with E-state index in [0.29, 0.717) is 25.5 Å². The summed E-state index contributed by atoms with van der Waals surface area (Å²) in [6.07, 6.45) is 0.292. The number of hydrogen-bond acceptors (Lipinski definition) is 6. The molecule has 0 aliphatic heterocycles. The number of H-pyrrole nitrogens is 1. The highest BCUT2D eigenvalue weighted by Crippen LogP contribution is 2.05. The van der Waals surface area contributed by atoms with Crippen molar-refractivity contribution in [1.82, 2.24) is 9.97 Å². The van der Waals surface area contributed by atoms with Gasteiger partial charge in [-0.1, -0.05) is 0 Å². The van der Waals surface area contributed by atoms with Crippen LogP contribution in [-0.4, -0.2) is 35.8 Å². The molecule has 19 heavy (non-hydrogen) atoms. The minimum absolute atomic E-state index is 0.0586. The monoisotopic (exact) mass is 269 g/mol. The summed E-state index contributed by atoms with van der Waals surface area (Å²) in [5.41, 5.74) is 5.42. The van der Waals surface area contributed by atoms with Gasteiger partial charge in [-0.25, -0.2) is 4.98 Å². The number of esters is 1. The third kappa shape index (κ3) is 4.70. The number of aromatic amines is 1. The second-order valence-corrected chi connectivity index (χ2v) is 3.81. The van der Waals surface area contributed by atoms with Crippen molar-refractivity contribution in [3.63, 3.8) is 0 Å². The van der Waals surface area contributed by atoms with Crippen LogP contribution in [0.1, 0.15) is 25.2 Å². The number of carbonyl (C=O) groups is 1. The molecule has 0 unspecified atom stereocenters. The van der Waals surface area contributed by atoms with E-state index in [1.54, 1.807) is 6.92 Å². The van der Waals surface area contributed by atoms with Crippen molar-refractivity contribution in [2.75, 3.05) is 25.6 Å². The molecule has 0 aliphatic carbocycles. The maximum absolute atomic E-state index is 11.8. The van der Waals surface area contributed by atoms with E-state index in [2.05, 4.69) is 9.97 Å². The van der Waals surface area contributed by atoms with Gasteiger partial charge in [0.1, 0.15) is 11.6 Å². The number of nitrogens with two attached hydrogens (primary N) is 1. The van der Waals surface area contributed by atoms with Gasteiger partial charge in [0.2, 0.25) is 0 Å². The van der Waals surface area contributed by atoms with Crippen LogP contribution in [0.3, 0.4) is 0 Å². The van der Waals surface area contributed by atoms with Crippen LogP contribution < -0.4 is 11.3 Å². The average molecular weight is 269 g/mol. The summed E-state index contributed by atoms with van der Waals surface area (Å²) in [5, 5.41) is 0. The van der Waals surface area contributed by atoms with Crippen LogP contribution in [0, 0.1) is 0 Å². The topological polar surface area (TPSA) is 107 Å². The molecule has 0 spiro atoms. The van der Waals surface area contributed by atoms with Gasteiger partial charge in [0.15, 0.2) is 0 Å². The summed E-state index contributed by atoms with van der Waals surface area (Å²) >= 11 is 0. The largest absolute Gasteiger partial charge is 0.466 e. The Morgan fingerprint density at radius 2 is 2.11 bits per heavy atom. The fourth-order valence-electron chi connectivity index (χ4n) is 1.52. The van der Waals surface area contributed by atoms with E-state index in [1.165, 1.54) is 0 Å². The molecule has 1 aromatic heterocycles. The molecule has 0 bridgehead atoms. The third-order valence-corrected chi connectivity index (χ3v) is 2.41. The van der Waals surface area contributed by atoms with Crippen LogP contribution in [0.4, 0.5) is 5.82 Å². The zero-order valence-electron chi connectivity index (χ0n) is 11.2. The zero-order valence-corrected chi connectivity index (χ0v) is 11.2. The number of ether oxygens (including phenoxy) is 2. The molecule has 0 saturated carbocycles. The number of nitrogen functional groups attached to an aromatic ring is 1. The third-order valence-electron chi connectivity index (χ3n) is 2.41. The molecule has 1 aromatic rings. The summed E-state index contributed by atoms with van der Waals surface area (Å²) in [7, 11) is 0. The van der Waals surface area contributed by atoms with Crippen molar-refractivity contribution in [2.45, 2.75) is 26.7 Å². The Kier molecular flexibility index (Phi) is 6.01. The Morgan fingerprint density at radius 3 is 2.68 bits per heavy atom. The van der Waals surface area contributed by atoms with Crippen LogP contribution in [0.15, 0.2) is 4.79 Å². The highest BCUT2D eigenvalue weighted by Gasteiger charge is 2.13. The highest BCUT2D eigenvalue weighted by atomic mass is 16.5. The lowest BCUT2D eigenvalue weighted by Crippen LogP contribution is -2.23. The lowest BCUT2D eigenvalue weighted by Gasteiger charge is -2.07. The Hall–Kier alpha value is -1.89. The van der Waals surface area contributed by atoms with Gasteiger partial charge in [-0.2, -0.15) is 0 Å². The predicted octanol–water partition coefficient (Wildman–Crippen LogP) is 0.0367. The van der Waals surface area contributed by atoms with E-state index in [9.17, 15) is 9.59 Å². The summed E-state index contributed by atoms with van der Waals surface area (Å²) in [5.74, 6) is 0.00965. The van der Waals surface area contributed by atoms with E-state index in [0.717, 1.165) is 0 Å². The molecule has 7 heteroatoms. The van der Waals surface area contributed by atoms with Crippen molar-refractivity contribution < 1.29 is 14.3 Å². The molecule has 1 heterocycles. The van der Waals surface area contributed by atoms with Crippen LogP contribution in [0.5, 0.6) is 0 Å². The van der Waals surface area contributed by atoms with E-state index in [4.69, 9.17) is 15.2 Å². The number of nitrogens with one attached hydrogen (secondary N) is 1. The molecule has 0 amide bonds. The Labute approximate surface area is 111 Å². The quantitative estimate of drug-likeness (QED) is 0.534. The van der Waals surface area contributed by atoms with Crippen molar-refractivity contribution in [3.8, 4) is 0 Å². The molecular formula is C12H19N3O4. The lowest BCUT2D eigenvalue weighted by molar-refractivity contribution is -0.142. The number of hydrogen-bond donors (Lipinski definition) is 2. The van der Waals surface area contributed by atoms with Gasteiger partial charge in [-0.3, -0.25) is 9.59 Å². The summed E-state index contributed by atoms with van der Waals surface area (Å²) < 4.78 is 9.94. The first-order valence-electron chi connectivity index (χ1n) is 6.19. The molecule has 0 atom stereocenters. The Bertz CT molecular complexity index is 484. The van der Waals surface area contributed by atoms with E-state index >= 15 is 0 Å². The van der Waals surface area contributed by atoms with Gasteiger partial charge in [0, 0.05) is 13.0 Å². The highest BCUT2D eigenvalue weighted by molar-refractivity contribution is 5.74. The molecule has 106 valence electrons. The molecule has 0 fully saturated rings. The summed E-state index contributed by atoms with van der Waals surface area (Å²) in [6, 6.07) is 0. The second-order valence-electron chi connectivity index (χ2n) is 3.81. The second kappa shape index (κ2) is 7.52. The first-order valence-corrected chi connectivity index (χ1v) is 6.19. The number of anilines is 1. The van der Waals surface area contributed by atoms with Gasteiger partial charge >= 0.3 is 5.97 Å². The molecule has 1 rings (SSSR count). The number of rotatable bonds is 7. The van der Waals surface area contributed by atoms with Crippen molar-refractivity contribution in [3.05, 3.63) is 21.7 Å². The van der Waals surface area contributed by atoms with Gasteiger partial charge in [-0.05, 0) is 13.8 Å². The SMILES string of the molecule is CCOCCc1nc(N)c(CC(=O)OCC)c(=O)[nH]1. The average Bonchev–Trinajstić information content (AvgIpc) is 2.34. The number of aromatic nitrogens is 2. The standard InChI is InChI=1S/C12H19N3O4/c1-3-18-6-5-9-14-11(13)8(12(17)15-9)7-10(16)19-4-2/h3-7H2,1-2H3,(H3,13,14,15,17). The molecule has 3 N–H and O–H groups in total. The van der Waals surface area contributed by atoms with Crippen LogP contribution in [-0.2, 0) is 27.1 Å². The van der Waals surface area contributed by atoms with Gasteiger partial charge in [0.05, 0.1) is 25.2 Å². The van der Waals surface area contributed by atoms with Crippen molar-refractivity contribution >= 4 is 11.8 Å². The van der Waals surface area contributed by atoms with Crippen molar-refractivity contribution in [1.29, 1.82) is 0 Å². The van der Waals surface area contributed by atoms with Gasteiger partial charge < -0.3 is 20.2 Å². The minimum Gasteiger partial charge on any atom is -0.466 e. The maximum Gasteiger partial charge on any atom is 0.310 e. The Morgan fingerprint density at radius 1 is 1.37 bits per heavy atom. The molecule has 0 radical (unpaired) electrons. The zero-order chi connectivity index (χ0) is 14.3. The van der Waals surface area contributed by atoms with Crippen LogP contribution in [0.2, 0.25) is 0 Å². The fraction of sp³-hybridized carbons (Fsp3) is 0.583. The molecule has 0 aromatic carbocycles. The fourth-order valence-corrected chi connectivity index (χ4v) is 1.52. The summed E-state index contributed by atoms with van der Waals surface area (Å²) in [6.45, 7) is 4.89. The summed E-state index contributed by atoms with van der Waals surface area (Å²) in [4.78, 5) is 29.8. The van der Waals surface area contributed by atoms with E-state index in [-0.39, 0.29) is 24.4 Å². The lowest BCUT2D eigenvalue weighted by atomic mass is 10.2. The smallest absolute Gasteiger partial charge is 0.310 e. The predicted molar refractivity (Wildman–Crippen MR) is 69.8 cm³/mol. The van der Waals surface area contributed by atoms with Crippen LogP contribution in [0.25, 0.3) is 0 Å². The maximum atomic E-state index is 11.8. The molecule has 0 aliphatic rings. The number of nitrogens with zero attached hydrogens (tertiary/aromatic N) is 1. The van der Waals surface area contributed by atoms with E-state index in [1.807, 2.05) is 6.92 Å². The first kappa shape index (κ1) is 15.2. The molecular weight excluding hydrogens is 250 g/mol. The first-order chi connectivity index (χ1) is 9.08. The Balaban J connectivity index is 2.79. The van der Waals surface area contributed by atoms with Gasteiger partial charge in [-0.15, -0.1) is 0 Å².